The highest BCUT2D eigenvalue weighted by Crippen LogP contribution is 2.05. The van der Waals surface area contributed by atoms with Crippen LogP contribution in [0.15, 0.2) is 12.7 Å². The number of hydrogen-bond donors (Lipinski definition) is 3. The second kappa shape index (κ2) is 7.00. The Morgan fingerprint density at radius 2 is 2.13 bits per heavy atom. The van der Waals surface area contributed by atoms with Gasteiger partial charge >= 0.3 is 5.97 Å². The molecule has 0 rings (SSSR count). The summed E-state index contributed by atoms with van der Waals surface area (Å²) in [5.41, 5.74) is 0. The Balaban J connectivity index is 4.34. The molecule has 0 bridgehead atoms. The minimum Gasteiger partial charge on any atom is -0.481 e. The Morgan fingerprint density at radius 3 is 2.53 bits per heavy atom. The predicted octanol–water partition coefficient (Wildman–Crippen LogP) is 0.293. The third-order valence-corrected chi connectivity index (χ3v) is 1.93. The standard InChI is InChI=1S/C10H17NO4/c1-3-5-8(12)7(6-10(14)15)11-9(13)4-2/h3,7-8,12H,1,4-6H2,2H3,(H,11,13)(H,14,15). The van der Waals surface area contributed by atoms with Gasteiger partial charge in [-0.15, -0.1) is 6.58 Å². The fourth-order valence-electron chi connectivity index (χ4n) is 1.12. The summed E-state index contributed by atoms with van der Waals surface area (Å²) in [6, 6.07) is -0.757. The van der Waals surface area contributed by atoms with Crippen LogP contribution in [0.5, 0.6) is 0 Å². The van der Waals surface area contributed by atoms with Crippen molar-refractivity contribution in [3.63, 3.8) is 0 Å². The van der Waals surface area contributed by atoms with Crippen LogP contribution in [0, 0.1) is 0 Å². The lowest BCUT2D eigenvalue weighted by atomic mass is 10.0. The molecule has 0 aliphatic carbocycles. The van der Waals surface area contributed by atoms with Crippen LogP contribution < -0.4 is 5.32 Å². The molecule has 0 aromatic heterocycles. The molecule has 0 spiro atoms. The molecule has 1 amide bonds. The maximum absolute atomic E-state index is 11.1. The van der Waals surface area contributed by atoms with Gasteiger partial charge in [-0.1, -0.05) is 13.0 Å². The summed E-state index contributed by atoms with van der Waals surface area (Å²) < 4.78 is 0. The van der Waals surface area contributed by atoms with Crippen LogP contribution in [0.1, 0.15) is 26.2 Å². The summed E-state index contributed by atoms with van der Waals surface area (Å²) in [6.07, 6.45) is 0.797. The van der Waals surface area contributed by atoms with Crippen molar-refractivity contribution in [3.05, 3.63) is 12.7 Å². The van der Waals surface area contributed by atoms with Gasteiger partial charge in [0.1, 0.15) is 0 Å². The number of carbonyl (C=O) groups excluding carboxylic acids is 1. The molecule has 2 unspecified atom stereocenters. The Labute approximate surface area is 88.8 Å². The Morgan fingerprint density at radius 1 is 1.53 bits per heavy atom. The van der Waals surface area contributed by atoms with Gasteiger partial charge < -0.3 is 15.5 Å². The second-order valence-electron chi connectivity index (χ2n) is 3.22. The molecule has 0 aromatic carbocycles. The van der Waals surface area contributed by atoms with Crippen LogP contribution in [0.3, 0.4) is 0 Å². The maximum atomic E-state index is 11.1. The SMILES string of the molecule is C=CCC(O)C(CC(=O)O)NC(=O)CC. The predicted molar refractivity (Wildman–Crippen MR) is 55.3 cm³/mol. The largest absolute Gasteiger partial charge is 0.481 e. The number of hydrogen-bond acceptors (Lipinski definition) is 3. The third-order valence-electron chi connectivity index (χ3n) is 1.93. The number of carbonyl (C=O) groups is 2. The van der Waals surface area contributed by atoms with Crippen LogP contribution in [0.2, 0.25) is 0 Å². The van der Waals surface area contributed by atoms with Crippen molar-refractivity contribution in [3.8, 4) is 0 Å². The van der Waals surface area contributed by atoms with Gasteiger partial charge in [-0.2, -0.15) is 0 Å². The van der Waals surface area contributed by atoms with Crippen molar-refractivity contribution in [2.45, 2.75) is 38.3 Å². The van der Waals surface area contributed by atoms with E-state index in [0.717, 1.165) is 0 Å². The number of nitrogens with one attached hydrogen (secondary N) is 1. The van der Waals surface area contributed by atoms with Crippen molar-refractivity contribution in [1.29, 1.82) is 0 Å². The normalized spacial score (nSPS) is 14.0. The van der Waals surface area contributed by atoms with E-state index in [1.54, 1.807) is 6.92 Å². The number of aliphatic hydroxyl groups is 1. The van der Waals surface area contributed by atoms with Crippen LogP contribution in [0.25, 0.3) is 0 Å². The summed E-state index contributed by atoms with van der Waals surface area (Å²) in [5.74, 6) is -1.33. The van der Waals surface area contributed by atoms with Gasteiger partial charge in [0.15, 0.2) is 0 Å². The summed E-state index contributed by atoms with van der Waals surface area (Å²) >= 11 is 0. The molecule has 0 fully saturated rings. The molecule has 0 saturated carbocycles. The quantitative estimate of drug-likeness (QED) is 0.533. The van der Waals surface area contributed by atoms with Gasteiger partial charge in [-0.05, 0) is 6.42 Å². The summed E-state index contributed by atoms with van der Waals surface area (Å²) in [6.45, 7) is 5.10. The number of aliphatic hydroxyl groups excluding tert-OH is 1. The zero-order valence-corrected chi connectivity index (χ0v) is 8.77. The number of amides is 1. The van der Waals surface area contributed by atoms with Crippen molar-refractivity contribution in [1.82, 2.24) is 5.32 Å². The molecule has 5 nitrogen and oxygen atoms in total. The molecule has 0 aliphatic heterocycles. The van der Waals surface area contributed by atoms with E-state index in [4.69, 9.17) is 5.11 Å². The van der Waals surface area contributed by atoms with Gasteiger partial charge in [-0.3, -0.25) is 9.59 Å². The highest BCUT2D eigenvalue weighted by atomic mass is 16.4. The summed E-state index contributed by atoms with van der Waals surface area (Å²) in [7, 11) is 0. The molecule has 0 aromatic rings. The number of carboxylic acids is 1. The van der Waals surface area contributed by atoms with E-state index >= 15 is 0 Å². The molecule has 0 radical (unpaired) electrons. The molecule has 86 valence electrons. The fourth-order valence-corrected chi connectivity index (χ4v) is 1.12. The lowest BCUT2D eigenvalue weighted by Gasteiger charge is -2.21. The zero-order chi connectivity index (χ0) is 11.8. The highest BCUT2D eigenvalue weighted by Gasteiger charge is 2.22. The van der Waals surface area contributed by atoms with Gasteiger partial charge in [-0.25, -0.2) is 0 Å². The van der Waals surface area contributed by atoms with E-state index in [9.17, 15) is 14.7 Å². The third kappa shape index (κ3) is 5.85. The first kappa shape index (κ1) is 13.6. The van der Waals surface area contributed by atoms with E-state index in [1.165, 1.54) is 6.08 Å². The zero-order valence-electron chi connectivity index (χ0n) is 8.77. The van der Waals surface area contributed by atoms with Gasteiger partial charge in [0.25, 0.3) is 0 Å². The average molecular weight is 215 g/mol. The summed E-state index contributed by atoms with van der Waals surface area (Å²) in [5, 5.41) is 20.6. The monoisotopic (exact) mass is 215 g/mol. The van der Waals surface area contributed by atoms with Crippen LogP contribution in [-0.2, 0) is 9.59 Å². The molecule has 0 heterocycles. The van der Waals surface area contributed by atoms with E-state index in [1.807, 2.05) is 0 Å². The van der Waals surface area contributed by atoms with Crippen molar-refractivity contribution >= 4 is 11.9 Å². The molecular formula is C10H17NO4. The van der Waals surface area contributed by atoms with Gasteiger partial charge in [0.2, 0.25) is 5.91 Å². The molecule has 2 atom stereocenters. The first-order valence-corrected chi connectivity index (χ1v) is 4.81. The first-order valence-electron chi connectivity index (χ1n) is 4.81. The van der Waals surface area contributed by atoms with E-state index in [0.29, 0.717) is 0 Å². The van der Waals surface area contributed by atoms with Crippen molar-refractivity contribution in [2.24, 2.45) is 0 Å². The number of carboxylic acid groups (broad SMARTS) is 1. The highest BCUT2D eigenvalue weighted by molar-refractivity contribution is 5.77. The molecule has 0 aliphatic rings. The van der Waals surface area contributed by atoms with Crippen molar-refractivity contribution < 1.29 is 19.8 Å². The molecule has 15 heavy (non-hydrogen) atoms. The van der Waals surface area contributed by atoms with Crippen LogP contribution >= 0.6 is 0 Å². The minimum absolute atomic E-state index is 0.252. The van der Waals surface area contributed by atoms with Crippen LogP contribution in [-0.4, -0.2) is 34.2 Å². The lowest BCUT2D eigenvalue weighted by Crippen LogP contribution is -2.44. The average Bonchev–Trinajstić information content (AvgIpc) is 2.16. The minimum atomic E-state index is -1.06. The molecular weight excluding hydrogens is 198 g/mol. The van der Waals surface area contributed by atoms with E-state index in [-0.39, 0.29) is 25.2 Å². The van der Waals surface area contributed by atoms with Crippen molar-refractivity contribution in [2.75, 3.05) is 0 Å². The van der Waals surface area contributed by atoms with Gasteiger partial charge in [0, 0.05) is 6.42 Å². The Bertz CT molecular complexity index is 240. The first-order chi connectivity index (χ1) is 7.01. The number of aliphatic carboxylic acids is 1. The second-order valence-corrected chi connectivity index (χ2v) is 3.22. The molecule has 0 saturated heterocycles. The maximum Gasteiger partial charge on any atom is 0.305 e. The summed E-state index contributed by atoms with van der Waals surface area (Å²) in [4.78, 5) is 21.6. The number of rotatable bonds is 7. The van der Waals surface area contributed by atoms with Gasteiger partial charge in [0.05, 0.1) is 18.6 Å². The fraction of sp³-hybridized carbons (Fsp3) is 0.600. The van der Waals surface area contributed by atoms with E-state index < -0.39 is 18.1 Å². The molecule has 3 N–H and O–H groups in total. The van der Waals surface area contributed by atoms with Crippen LogP contribution in [0.4, 0.5) is 0 Å². The Kier molecular flexibility index (Phi) is 6.37. The smallest absolute Gasteiger partial charge is 0.305 e. The molecule has 5 heteroatoms. The Hall–Kier alpha value is -1.36. The van der Waals surface area contributed by atoms with E-state index in [2.05, 4.69) is 11.9 Å². The lowest BCUT2D eigenvalue weighted by molar-refractivity contribution is -0.138. The topological polar surface area (TPSA) is 86.6 Å².